The maximum Gasteiger partial charge on any atom is 0.279 e. The molecule has 7 heteroatoms. The van der Waals surface area contributed by atoms with E-state index < -0.39 is 9.84 Å². The average Bonchev–Trinajstić information content (AvgIpc) is 3.03. The Balaban J connectivity index is 1.62. The number of sulfone groups is 1. The monoisotopic (exact) mass is 436 g/mol. The van der Waals surface area contributed by atoms with E-state index in [0.717, 1.165) is 22.2 Å². The summed E-state index contributed by atoms with van der Waals surface area (Å²) in [6.45, 7) is 0. The fourth-order valence-corrected chi connectivity index (χ4v) is 4.98. The first-order chi connectivity index (χ1) is 14.3. The van der Waals surface area contributed by atoms with Crippen molar-refractivity contribution in [2.45, 2.75) is 11.3 Å². The van der Waals surface area contributed by atoms with Gasteiger partial charge in [-0.2, -0.15) is 4.99 Å². The minimum absolute atomic E-state index is 0.253. The number of rotatable bonds is 4. The van der Waals surface area contributed by atoms with E-state index in [9.17, 15) is 13.2 Å². The lowest BCUT2D eigenvalue weighted by Gasteiger charge is -2.02. The molecule has 0 radical (unpaired) electrons. The van der Waals surface area contributed by atoms with Crippen LogP contribution >= 0.6 is 11.3 Å². The van der Waals surface area contributed by atoms with Gasteiger partial charge in [-0.3, -0.25) is 4.79 Å². The molecule has 1 heterocycles. The minimum atomic E-state index is -3.29. The lowest BCUT2D eigenvalue weighted by Crippen LogP contribution is -2.13. The van der Waals surface area contributed by atoms with Gasteiger partial charge in [-0.05, 0) is 47.9 Å². The van der Waals surface area contributed by atoms with Crippen LogP contribution in [-0.2, 0) is 23.3 Å². The maximum atomic E-state index is 12.7. The molecule has 0 aliphatic rings. The highest BCUT2D eigenvalue weighted by molar-refractivity contribution is 7.90. The molecule has 152 valence electrons. The summed E-state index contributed by atoms with van der Waals surface area (Å²) in [5.41, 5.74) is 3.68. The molecule has 5 nitrogen and oxygen atoms in total. The third kappa shape index (κ3) is 4.27. The average molecular weight is 437 g/mol. The van der Waals surface area contributed by atoms with Crippen molar-refractivity contribution in [1.29, 1.82) is 0 Å². The number of aryl methyl sites for hydroxylation is 1. The Morgan fingerprint density at radius 2 is 1.63 bits per heavy atom. The van der Waals surface area contributed by atoms with Gasteiger partial charge in [-0.1, -0.05) is 53.8 Å². The van der Waals surface area contributed by atoms with Gasteiger partial charge < -0.3 is 4.57 Å². The molecule has 0 atom stereocenters. The maximum absolute atomic E-state index is 12.7. The number of hydrogen-bond donors (Lipinski definition) is 0. The van der Waals surface area contributed by atoms with Gasteiger partial charge in [0.2, 0.25) is 0 Å². The largest absolute Gasteiger partial charge is 0.319 e. The molecule has 0 aliphatic heterocycles. The molecule has 0 bridgehead atoms. The summed E-state index contributed by atoms with van der Waals surface area (Å²) in [5.74, 6) is -0.327. The second kappa shape index (κ2) is 8.01. The summed E-state index contributed by atoms with van der Waals surface area (Å²) in [7, 11) is -1.48. The Kier molecular flexibility index (Phi) is 5.40. The van der Waals surface area contributed by atoms with Crippen LogP contribution in [0.3, 0.4) is 0 Å². The van der Waals surface area contributed by atoms with Gasteiger partial charge in [0.05, 0.1) is 15.1 Å². The van der Waals surface area contributed by atoms with Crippen LogP contribution in [0, 0.1) is 0 Å². The van der Waals surface area contributed by atoms with E-state index in [1.807, 2.05) is 37.4 Å². The normalized spacial score (nSPS) is 12.4. The van der Waals surface area contributed by atoms with Crippen molar-refractivity contribution in [2.75, 3.05) is 6.26 Å². The number of aromatic nitrogens is 1. The summed E-state index contributed by atoms with van der Waals surface area (Å²) in [5, 5.41) is 0. The highest BCUT2D eigenvalue weighted by atomic mass is 32.2. The van der Waals surface area contributed by atoms with Crippen LogP contribution in [0.4, 0.5) is 0 Å². The molecule has 1 amide bonds. The number of thiazole rings is 1. The third-order valence-electron chi connectivity index (χ3n) is 4.86. The van der Waals surface area contributed by atoms with E-state index in [-0.39, 0.29) is 10.8 Å². The first-order valence-electron chi connectivity index (χ1n) is 9.33. The van der Waals surface area contributed by atoms with Crippen LogP contribution in [0.25, 0.3) is 10.2 Å². The van der Waals surface area contributed by atoms with Crippen LogP contribution in [-0.4, -0.2) is 25.1 Å². The lowest BCUT2D eigenvalue weighted by molar-refractivity contribution is 0.0998. The van der Waals surface area contributed by atoms with E-state index in [1.54, 1.807) is 34.9 Å². The fourth-order valence-electron chi connectivity index (χ4n) is 3.20. The molecule has 1 aromatic heterocycles. The summed E-state index contributed by atoms with van der Waals surface area (Å²) < 4.78 is 26.2. The van der Waals surface area contributed by atoms with Gasteiger partial charge in [0.25, 0.3) is 5.91 Å². The SMILES string of the molecule is Cn1c(=NC(=O)c2ccc(Cc3ccccc3)cc2)sc2cc(S(C)(=O)=O)ccc21. The molecule has 0 unspecified atom stereocenters. The molecule has 3 aromatic carbocycles. The van der Waals surface area contributed by atoms with Gasteiger partial charge in [-0.25, -0.2) is 8.42 Å². The van der Waals surface area contributed by atoms with Crippen molar-refractivity contribution in [2.24, 2.45) is 12.0 Å². The van der Waals surface area contributed by atoms with Gasteiger partial charge in [0.15, 0.2) is 14.6 Å². The fraction of sp³-hybridized carbons (Fsp3) is 0.130. The van der Waals surface area contributed by atoms with E-state index in [4.69, 9.17) is 0 Å². The van der Waals surface area contributed by atoms with Gasteiger partial charge in [-0.15, -0.1) is 0 Å². The zero-order valence-electron chi connectivity index (χ0n) is 16.6. The summed E-state index contributed by atoms with van der Waals surface area (Å²) >= 11 is 1.29. The summed E-state index contributed by atoms with van der Waals surface area (Å²) in [6.07, 6.45) is 1.98. The third-order valence-corrected chi connectivity index (χ3v) is 7.06. The van der Waals surface area contributed by atoms with Gasteiger partial charge in [0, 0.05) is 18.9 Å². The molecular formula is C23H20N2O3S2. The molecule has 4 aromatic rings. The quantitative estimate of drug-likeness (QED) is 0.486. The van der Waals surface area contributed by atoms with Crippen molar-refractivity contribution >= 4 is 37.3 Å². The number of amides is 1. The topological polar surface area (TPSA) is 68.5 Å². The molecule has 0 N–H and O–H groups in total. The van der Waals surface area contributed by atoms with Crippen molar-refractivity contribution < 1.29 is 13.2 Å². The lowest BCUT2D eigenvalue weighted by atomic mass is 10.0. The Bertz CT molecular complexity index is 1400. The Morgan fingerprint density at radius 3 is 2.30 bits per heavy atom. The van der Waals surface area contributed by atoms with E-state index in [0.29, 0.717) is 10.4 Å². The van der Waals surface area contributed by atoms with Crippen molar-refractivity contribution in [3.63, 3.8) is 0 Å². The Labute approximate surface area is 178 Å². The second-order valence-electron chi connectivity index (χ2n) is 7.12. The highest BCUT2D eigenvalue weighted by Crippen LogP contribution is 2.21. The number of hydrogen-bond acceptors (Lipinski definition) is 4. The minimum Gasteiger partial charge on any atom is -0.319 e. The zero-order valence-corrected chi connectivity index (χ0v) is 18.2. The zero-order chi connectivity index (χ0) is 21.3. The van der Waals surface area contributed by atoms with Crippen LogP contribution in [0.15, 0.2) is 82.7 Å². The van der Waals surface area contributed by atoms with E-state index in [2.05, 4.69) is 17.1 Å². The molecule has 0 saturated carbocycles. The van der Waals surface area contributed by atoms with Crippen molar-refractivity contribution in [1.82, 2.24) is 4.57 Å². The molecule has 0 saturated heterocycles. The van der Waals surface area contributed by atoms with Gasteiger partial charge in [0.1, 0.15) is 0 Å². The standard InChI is InChI=1S/C23H20N2O3S2/c1-25-20-13-12-19(30(2,27)28)15-21(20)29-23(25)24-22(26)18-10-8-17(9-11-18)14-16-6-4-3-5-7-16/h3-13,15H,14H2,1-2H3. The molecule has 4 rings (SSSR count). The molecule has 0 fully saturated rings. The predicted molar refractivity (Wildman–Crippen MR) is 119 cm³/mol. The van der Waals surface area contributed by atoms with Crippen molar-refractivity contribution in [3.05, 3.63) is 94.3 Å². The van der Waals surface area contributed by atoms with E-state index >= 15 is 0 Å². The number of nitrogens with zero attached hydrogens (tertiary/aromatic N) is 2. The van der Waals surface area contributed by atoms with Crippen LogP contribution in [0.1, 0.15) is 21.5 Å². The number of fused-ring (bicyclic) bond motifs is 1. The number of benzene rings is 3. The Hall–Kier alpha value is -3.03. The molecular weight excluding hydrogens is 416 g/mol. The van der Waals surface area contributed by atoms with Gasteiger partial charge >= 0.3 is 0 Å². The Morgan fingerprint density at radius 1 is 0.967 bits per heavy atom. The summed E-state index contributed by atoms with van der Waals surface area (Å²) in [6, 6.07) is 22.6. The number of carbonyl (C=O) groups excluding carboxylic acids is 1. The first-order valence-corrected chi connectivity index (χ1v) is 12.0. The number of carbonyl (C=O) groups is 1. The predicted octanol–water partition coefficient (Wildman–Crippen LogP) is 3.98. The van der Waals surface area contributed by atoms with Crippen molar-refractivity contribution in [3.8, 4) is 0 Å². The molecule has 0 spiro atoms. The van der Waals surface area contributed by atoms with Crippen LogP contribution in [0.5, 0.6) is 0 Å². The first kappa shape index (κ1) is 20.3. The van der Waals surface area contributed by atoms with Crippen LogP contribution in [0.2, 0.25) is 0 Å². The van der Waals surface area contributed by atoms with E-state index in [1.165, 1.54) is 23.2 Å². The summed E-state index contributed by atoms with van der Waals surface area (Å²) in [4.78, 5) is 17.7. The second-order valence-corrected chi connectivity index (χ2v) is 10.1. The smallest absolute Gasteiger partial charge is 0.279 e. The molecule has 0 aliphatic carbocycles. The highest BCUT2D eigenvalue weighted by Gasteiger charge is 2.12. The molecule has 30 heavy (non-hydrogen) atoms. The van der Waals surface area contributed by atoms with Crippen LogP contribution < -0.4 is 4.80 Å².